The van der Waals surface area contributed by atoms with Gasteiger partial charge in [0.05, 0.1) is 11.1 Å². The van der Waals surface area contributed by atoms with Crippen molar-refractivity contribution in [3.05, 3.63) is 72.1 Å². The second kappa shape index (κ2) is 5.58. The van der Waals surface area contributed by atoms with E-state index in [1.165, 1.54) is 6.07 Å². The smallest absolute Gasteiger partial charge is 0.153 e. The summed E-state index contributed by atoms with van der Waals surface area (Å²) in [5, 5.41) is 19.1. The number of phenols is 1. The molecule has 22 heavy (non-hydrogen) atoms. The van der Waals surface area contributed by atoms with Crippen molar-refractivity contribution in [3.63, 3.8) is 0 Å². The minimum atomic E-state index is -0.0824. The number of nitrogens with zero attached hydrogens (tertiary/aromatic N) is 2. The van der Waals surface area contributed by atoms with Gasteiger partial charge in [-0.1, -0.05) is 30.3 Å². The van der Waals surface area contributed by atoms with Gasteiger partial charge in [-0.05, 0) is 17.7 Å². The van der Waals surface area contributed by atoms with E-state index in [4.69, 9.17) is 0 Å². The Morgan fingerprint density at radius 1 is 1.09 bits per heavy atom. The molecule has 2 aromatic carbocycles. The Bertz CT molecular complexity index is 874. The standard InChI is InChI=1S/C18H12N2O2/c19-9-15-10-20(11-17(15)13-4-2-1-3-5-13)16-7-6-14(12-21)18(22)8-16/h1-8,10-12,22H. The molecule has 0 fully saturated rings. The van der Waals surface area contributed by atoms with E-state index in [-0.39, 0.29) is 11.3 Å². The number of aldehydes is 1. The number of aromatic hydroxyl groups is 1. The molecule has 0 spiro atoms. The Hall–Kier alpha value is -3.32. The average molecular weight is 288 g/mol. The van der Waals surface area contributed by atoms with E-state index in [1.807, 2.05) is 36.5 Å². The van der Waals surface area contributed by atoms with E-state index >= 15 is 0 Å². The van der Waals surface area contributed by atoms with Crippen LogP contribution in [-0.4, -0.2) is 16.0 Å². The zero-order chi connectivity index (χ0) is 15.5. The molecule has 1 aromatic heterocycles. The Morgan fingerprint density at radius 3 is 2.50 bits per heavy atom. The van der Waals surface area contributed by atoms with Crippen molar-refractivity contribution in [2.45, 2.75) is 0 Å². The Balaban J connectivity index is 2.10. The summed E-state index contributed by atoms with van der Waals surface area (Å²) in [6, 6.07) is 16.6. The molecule has 4 heteroatoms. The molecule has 0 amide bonds. The van der Waals surface area contributed by atoms with Gasteiger partial charge in [-0.3, -0.25) is 4.79 Å². The first-order valence-corrected chi connectivity index (χ1v) is 6.69. The SMILES string of the molecule is N#Cc1cn(-c2ccc(C=O)c(O)c2)cc1-c1ccccc1. The number of hydrogen-bond donors (Lipinski definition) is 1. The van der Waals surface area contributed by atoms with E-state index in [0.717, 1.165) is 11.1 Å². The molecule has 4 nitrogen and oxygen atoms in total. The molecule has 0 bridgehead atoms. The zero-order valence-corrected chi connectivity index (χ0v) is 11.6. The maximum atomic E-state index is 10.8. The molecule has 3 aromatic rings. The third kappa shape index (κ3) is 2.36. The predicted octanol–water partition coefficient (Wildman–Crippen LogP) is 3.53. The highest BCUT2D eigenvalue weighted by Gasteiger charge is 2.10. The summed E-state index contributed by atoms with van der Waals surface area (Å²) >= 11 is 0. The first-order chi connectivity index (χ1) is 10.7. The molecule has 0 saturated heterocycles. The molecule has 0 aliphatic carbocycles. The number of hydrogen-bond acceptors (Lipinski definition) is 3. The first-order valence-electron chi connectivity index (χ1n) is 6.69. The van der Waals surface area contributed by atoms with Gasteiger partial charge in [0.2, 0.25) is 0 Å². The van der Waals surface area contributed by atoms with Crippen LogP contribution in [0.3, 0.4) is 0 Å². The summed E-state index contributed by atoms with van der Waals surface area (Å²) in [5.74, 6) is -0.0824. The normalized spacial score (nSPS) is 10.1. The molecule has 0 saturated carbocycles. The van der Waals surface area contributed by atoms with E-state index in [9.17, 15) is 15.2 Å². The second-order valence-electron chi connectivity index (χ2n) is 4.83. The van der Waals surface area contributed by atoms with Crippen molar-refractivity contribution < 1.29 is 9.90 Å². The van der Waals surface area contributed by atoms with Crippen molar-refractivity contribution in [1.82, 2.24) is 4.57 Å². The molecule has 0 aliphatic rings. The number of carbonyl (C=O) groups is 1. The largest absolute Gasteiger partial charge is 0.507 e. The average Bonchev–Trinajstić information content (AvgIpc) is 3.00. The van der Waals surface area contributed by atoms with Crippen LogP contribution >= 0.6 is 0 Å². The highest BCUT2D eigenvalue weighted by molar-refractivity contribution is 5.80. The van der Waals surface area contributed by atoms with Crippen LogP contribution in [-0.2, 0) is 0 Å². The molecule has 0 aliphatic heterocycles. The van der Waals surface area contributed by atoms with Gasteiger partial charge in [-0.25, -0.2) is 0 Å². The number of carbonyl (C=O) groups excluding carboxylic acids is 1. The Kier molecular flexibility index (Phi) is 3.47. The van der Waals surface area contributed by atoms with Gasteiger partial charge in [-0.15, -0.1) is 0 Å². The molecular formula is C18H12N2O2. The van der Waals surface area contributed by atoms with Crippen LogP contribution in [0.25, 0.3) is 16.8 Å². The van der Waals surface area contributed by atoms with Gasteiger partial charge in [-0.2, -0.15) is 5.26 Å². The zero-order valence-electron chi connectivity index (χ0n) is 11.6. The lowest BCUT2D eigenvalue weighted by Crippen LogP contribution is -1.91. The summed E-state index contributed by atoms with van der Waals surface area (Å²) in [5.41, 5.74) is 3.24. The lowest BCUT2D eigenvalue weighted by atomic mass is 10.1. The van der Waals surface area contributed by atoms with Gasteiger partial charge < -0.3 is 9.67 Å². The highest BCUT2D eigenvalue weighted by atomic mass is 16.3. The van der Waals surface area contributed by atoms with Crippen molar-refractivity contribution >= 4 is 6.29 Å². The van der Waals surface area contributed by atoms with Gasteiger partial charge in [0.15, 0.2) is 6.29 Å². The van der Waals surface area contributed by atoms with E-state index in [1.54, 1.807) is 22.9 Å². The maximum Gasteiger partial charge on any atom is 0.153 e. The van der Waals surface area contributed by atoms with Crippen molar-refractivity contribution in [1.29, 1.82) is 5.26 Å². The summed E-state index contributed by atoms with van der Waals surface area (Å²) in [6.07, 6.45) is 4.14. The molecule has 1 N–H and O–H groups in total. The van der Waals surface area contributed by atoms with Crippen LogP contribution < -0.4 is 0 Å². The van der Waals surface area contributed by atoms with Gasteiger partial charge in [0.25, 0.3) is 0 Å². The molecule has 106 valence electrons. The minimum Gasteiger partial charge on any atom is -0.507 e. The highest BCUT2D eigenvalue weighted by Crippen LogP contribution is 2.27. The Morgan fingerprint density at radius 2 is 1.86 bits per heavy atom. The van der Waals surface area contributed by atoms with Gasteiger partial charge in [0.1, 0.15) is 11.8 Å². The molecule has 3 rings (SSSR count). The number of rotatable bonds is 3. The van der Waals surface area contributed by atoms with Crippen LogP contribution in [0.15, 0.2) is 60.9 Å². The maximum absolute atomic E-state index is 10.8. The summed E-state index contributed by atoms with van der Waals surface area (Å²) < 4.78 is 1.76. The van der Waals surface area contributed by atoms with Gasteiger partial charge in [0, 0.05) is 29.7 Å². The van der Waals surface area contributed by atoms with Crippen LogP contribution in [0.4, 0.5) is 0 Å². The number of nitriles is 1. The third-order valence-corrected chi connectivity index (χ3v) is 3.47. The summed E-state index contributed by atoms with van der Waals surface area (Å²) in [4.78, 5) is 10.8. The van der Waals surface area contributed by atoms with Crippen LogP contribution in [0.1, 0.15) is 15.9 Å². The molecule has 0 unspecified atom stereocenters. The molecule has 1 heterocycles. The predicted molar refractivity (Wildman–Crippen MR) is 83.0 cm³/mol. The van der Waals surface area contributed by atoms with Crippen LogP contribution in [0, 0.1) is 11.3 Å². The second-order valence-corrected chi connectivity index (χ2v) is 4.83. The number of aromatic nitrogens is 1. The van der Waals surface area contributed by atoms with Crippen molar-refractivity contribution in [2.75, 3.05) is 0 Å². The summed E-state index contributed by atoms with van der Waals surface area (Å²) in [7, 11) is 0. The van der Waals surface area contributed by atoms with Crippen molar-refractivity contribution in [2.24, 2.45) is 0 Å². The minimum absolute atomic E-state index is 0.0824. The van der Waals surface area contributed by atoms with E-state index in [2.05, 4.69) is 6.07 Å². The molecule has 0 radical (unpaired) electrons. The van der Waals surface area contributed by atoms with Crippen molar-refractivity contribution in [3.8, 4) is 28.6 Å². The topological polar surface area (TPSA) is 66.0 Å². The van der Waals surface area contributed by atoms with E-state index < -0.39 is 0 Å². The van der Waals surface area contributed by atoms with Gasteiger partial charge >= 0.3 is 0 Å². The lowest BCUT2D eigenvalue weighted by Gasteiger charge is -2.04. The summed E-state index contributed by atoms with van der Waals surface area (Å²) in [6.45, 7) is 0. The fourth-order valence-corrected chi connectivity index (χ4v) is 2.33. The molecule has 0 atom stereocenters. The fourth-order valence-electron chi connectivity index (χ4n) is 2.33. The Labute approximate surface area is 127 Å². The fraction of sp³-hybridized carbons (Fsp3) is 0. The molecular weight excluding hydrogens is 276 g/mol. The first kappa shape index (κ1) is 13.7. The number of benzene rings is 2. The quantitative estimate of drug-likeness (QED) is 0.750. The van der Waals surface area contributed by atoms with Crippen LogP contribution in [0.2, 0.25) is 0 Å². The number of phenolic OH excluding ortho intramolecular Hbond substituents is 1. The lowest BCUT2D eigenvalue weighted by molar-refractivity contribution is 0.112. The monoisotopic (exact) mass is 288 g/mol. The third-order valence-electron chi connectivity index (χ3n) is 3.47. The van der Waals surface area contributed by atoms with Crippen LogP contribution in [0.5, 0.6) is 5.75 Å². The van der Waals surface area contributed by atoms with E-state index in [0.29, 0.717) is 17.5 Å².